The number of benzene rings is 1. The van der Waals surface area contributed by atoms with Crippen molar-refractivity contribution < 1.29 is 9.59 Å². The molecule has 1 aromatic rings. The highest BCUT2D eigenvalue weighted by Gasteiger charge is 2.20. The first-order chi connectivity index (χ1) is 9.15. The lowest BCUT2D eigenvalue weighted by Gasteiger charge is -2.22. The van der Waals surface area contributed by atoms with Crippen molar-refractivity contribution in [2.75, 3.05) is 17.2 Å². The van der Waals surface area contributed by atoms with Gasteiger partial charge in [0.25, 0.3) is 0 Å². The standard InChI is InChI=1S/C14H19N3O2.ClH/c1-10(18)16-11-5-7-12(8-6-11)17-14(19)13-4-2-3-9-15-13;/h5-8,13,15H,2-4,9H2,1H3,(H,16,18)(H,17,19);1H. The van der Waals surface area contributed by atoms with Crippen molar-refractivity contribution in [1.29, 1.82) is 0 Å². The Balaban J connectivity index is 0.00000200. The smallest absolute Gasteiger partial charge is 0.241 e. The third kappa shape index (κ3) is 4.83. The summed E-state index contributed by atoms with van der Waals surface area (Å²) in [7, 11) is 0. The predicted octanol–water partition coefficient (Wildman–Crippen LogP) is 2.15. The molecule has 0 radical (unpaired) electrons. The van der Waals surface area contributed by atoms with Crippen LogP contribution in [0.3, 0.4) is 0 Å². The Labute approximate surface area is 124 Å². The number of anilines is 2. The molecule has 0 bridgehead atoms. The zero-order valence-corrected chi connectivity index (χ0v) is 12.3. The maximum Gasteiger partial charge on any atom is 0.241 e. The topological polar surface area (TPSA) is 70.2 Å². The fourth-order valence-electron chi connectivity index (χ4n) is 2.15. The minimum Gasteiger partial charge on any atom is -0.326 e. The van der Waals surface area contributed by atoms with Crippen LogP contribution in [0.1, 0.15) is 26.2 Å². The van der Waals surface area contributed by atoms with Gasteiger partial charge in [0, 0.05) is 18.3 Å². The van der Waals surface area contributed by atoms with E-state index in [1.165, 1.54) is 6.92 Å². The van der Waals surface area contributed by atoms with Crippen LogP contribution in [-0.2, 0) is 9.59 Å². The van der Waals surface area contributed by atoms with Crippen molar-refractivity contribution in [3.8, 4) is 0 Å². The Bertz CT molecular complexity index is 456. The summed E-state index contributed by atoms with van der Waals surface area (Å²) < 4.78 is 0. The minimum absolute atomic E-state index is 0. The number of halogens is 1. The van der Waals surface area contributed by atoms with E-state index in [1.807, 2.05) is 0 Å². The zero-order chi connectivity index (χ0) is 13.7. The van der Waals surface area contributed by atoms with Gasteiger partial charge in [-0.15, -0.1) is 12.4 Å². The molecule has 1 heterocycles. The molecule has 0 saturated carbocycles. The quantitative estimate of drug-likeness (QED) is 0.800. The molecule has 0 aliphatic carbocycles. The Hall–Kier alpha value is -1.59. The lowest BCUT2D eigenvalue weighted by atomic mass is 10.0. The van der Waals surface area contributed by atoms with E-state index in [-0.39, 0.29) is 30.3 Å². The van der Waals surface area contributed by atoms with E-state index in [4.69, 9.17) is 0 Å². The summed E-state index contributed by atoms with van der Waals surface area (Å²) in [5.74, 6) is -0.102. The monoisotopic (exact) mass is 297 g/mol. The van der Waals surface area contributed by atoms with E-state index >= 15 is 0 Å². The summed E-state index contributed by atoms with van der Waals surface area (Å²) in [6, 6.07) is 7.01. The average Bonchev–Trinajstić information content (AvgIpc) is 2.41. The van der Waals surface area contributed by atoms with E-state index < -0.39 is 0 Å². The van der Waals surface area contributed by atoms with Gasteiger partial charge in [0.1, 0.15) is 0 Å². The SMILES string of the molecule is CC(=O)Nc1ccc(NC(=O)C2CCCCN2)cc1.Cl. The van der Waals surface area contributed by atoms with Gasteiger partial charge in [-0.1, -0.05) is 6.42 Å². The predicted molar refractivity (Wildman–Crippen MR) is 82.3 cm³/mol. The Morgan fingerprint density at radius 1 is 1.10 bits per heavy atom. The molecule has 2 amide bonds. The largest absolute Gasteiger partial charge is 0.326 e. The number of carbonyl (C=O) groups excluding carboxylic acids is 2. The zero-order valence-electron chi connectivity index (χ0n) is 11.4. The van der Waals surface area contributed by atoms with Gasteiger partial charge in [-0.05, 0) is 43.7 Å². The molecule has 3 N–H and O–H groups in total. The van der Waals surface area contributed by atoms with Crippen molar-refractivity contribution >= 4 is 35.6 Å². The van der Waals surface area contributed by atoms with Crippen LogP contribution in [0.25, 0.3) is 0 Å². The molecule has 0 spiro atoms. The van der Waals surface area contributed by atoms with Crippen LogP contribution in [0.2, 0.25) is 0 Å². The molecule has 1 saturated heterocycles. The normalized spacial score (nSPS) is 17.8. The highest BCUT2D eigenvalue weighted by Crippen LogP contribution is 2.15. The first kappa shape index (κ1) is 16.5. The van der Waals surface area contributed by atoms with Gasteiger partial charge in [0.15, 0.2) is 0 Å². The van der Waals surface area contributed by atoms with Crippen LogP contribution in [0.5, 0.6) is 0 Å². The Morgan fingerprint density at radius 2 is 1.70 bits per heavy atom. The maximum absolute atomic E-state index is 12.0. The van der Waals surface area contributed by atoms with E-state index in [1.54, 1.807) is 24.3 Å². The first-order valence-electron chi connectivity index (χ1n) is 6.57. The summed E-state index contributed by atoms with van der Waals surface area (Å²) in [6.07, 6.45) is 3.11. The molecule has 0 aromatic heterocycles. The highest BCUT2D eigenvalue weighted by molar-refractivity contribution is 5.95. The minimum atomic E-state index is -0.108. The maximum atomic E-state index is 12.0. The summed E-state index contributed by atoms with van der Waals surface area (Å²) in [6.45, 7) is 2.37. The van der Waals surface area contributed by atoms with E-state index in [0.29, 0.717) is 0 Å². The number of hydrogen-bond acceptors (Lipinski definition) is 3. The molecular weight excluding hydrogens is 278 g/mol. The molecule has 6 heteroatoms. The molecule has 110 valence electrons. The summed E-state index contributed by atoms with van der Waals surface area (Å²) in [5, 5.41) is 8.77. The summed E-state index contributed by atoms with van der Waals surface area (Å²) >= 11 is 0. The molecule has 1 aliphatic rings. The third-order valence-electron chi connectivity index (χ3n) is 3.10. The third-order valence-corrected chi connectivity index (χ3v) is 3.10. The summed E-state index contributed by atoms with van der Waals surface area (Å²) in [5.41, 5.74) is 1.47. The van der Waals surface area contributed by atoms with Crippen LogP contribution in [-0.4, -0.2) is 24.4 Å². The van der Waals surface area contributed by atoms with Gasteiger partial charge in [-0.25, -0.2) is 0 Å². The van der Waals surface area contributed by atoms with Gasteiger partial charge in [0.2, 0.25) is 11.8 Å². The van der Waals surface area contributed by atoms with E-state index in [0.717, 1.165) is 37.2 Å². The number of nitrogens with one attached hydrogen (secondary N) is 3. The number of hydrogen-bond donors (Lipinski definition) is 3. The second-order valence-corrected chi connectivity index (χ2v) is 4.75. The van der Waals surface area contributed by atoms with Crippen molar-refractivity contribution in [2.24, 2.45) is 0 Å². The van der Waals surface area contributed by atoms with Gasteiger partial charge in [-0.2, -0.15) is 0 Å². The van der Waals surface area contributed by atoms with Crippen LogP contribution in [0.4, 0.5) is 11.4 Å². The number of amides is 2. The molecule has 1 fully saturated rings. The molecule has 1 aliphatic heterocycles. The lowest BCUT2D eigenvalue weighted by Crippen LogP contribution is -2.43. The summed E-state index contributed by atoms with van der Waals surface area (Å²) in [4.78, 5) is 22.9. The molecular formula is C14H20ClN3O2. The number of carbonyl (C=O) groups is 2. The van der Waals surface area contributed by atoms with Gasteiger partial charge in [0.05, 0.1) is 6.04 Å². The molecule has 5 nitrogen and oxygen atoms in total. The molecule has 20 heavy (non-hydrogen) atoms. The van der Waals surface area contributed by atoms with Crippen molar-refractivity contribution in [2.45, 2.75) is 32.2 Å². The molecule has 1 aromatic carbocycles. The molecule has 1 atom stereocenters. The molecule has 2 rings (SSSR count). The van der Waals surface area contributed by atoms with Gasteiger partial charge < -0.3 is 16.0 Å². The van der Waals surface area contributed by atoms with Crippen LogP contribution in [0.15, 0.2) is 24.3 Å². The van der Waals surface area contributed by atoms with E-state index in [9.17, 15) is 9.59 Å². The first-order valence-corrected chi connectivity index (χ1v) is 6.57. The van der Waals surface area contributed by atoms with Gasteiger partial charge in [-0.3, -0.25) is 9.59 Å². The number of rotatable bonds is 3. The molecule has 1 unspecified atom stereocenters. The van der Waals surface area contributed by atoms with Crippen molar-refractivity contribution in [3.05, 3.63) is 24.3 Å². The van der Waals surface area contributed by atoms with Crippen molar-refractivity contribution in [3.63, 3.8) is 0 Å². The van der Waals surface area contributed by atoms with Gasteiger partial charge >= 0.3 is 0 Å². The van der Waals surface area contributed by atoms with Crippen molar-refractivity contribution in [1.82, 2.24) is 5.32 Å². The second-order valence-electron chi connectivity index (χ2n) is 4.75. The fourth-order valence-corrected chi connectivity index (χ4v) is 2.15. The van der Waals surface area contributed by atoms with E-state index in [2.05, 4.69) is 16.0 Å². The second kappa shape index (κ2) is 7.87. The fraction of sp³-hybridized carbons (Fsp3) is 0.429. The average molecular weight is 298 g/mol. The van der Waals surface area contributed by atoms with Crippen LogP contribution < -0.4 is 16.0 Å². The Kier molecular flexibility index (Phi) is 6.48. The lowest BCUT2D eigenvalue weighted by molar-refractivity contribution is -0.118. The Morgan fingerprint density at radius 3 is 2.20 bits per heavy atom. The number of piperidine rings is 1. The van der Waals surface area contributed by atoms with Crippen LogP contribution >= 0.6 is 12.4 Å². The van der Waals surface area contributed by atoms with Crippen LogP contribution in [0, 0.1) is 0 Å². The highest BCUT2D eigenvalue weighted by atomic mass is 35.5.